The first-order valence-electron chi connectivity index (χ1n) is 13.2. The normalized spacial score (nSPS) is 26.6. The van der Waals surface area contributed by atoms with Crippen LogP contribution in [0.1, 0.15) is 120 Å². The van der Waals surface area contributed by atoms with E-state index >= 15 is 0 Å². The van der Waals surface area contributed by atoms with E-state index in [2.05, 4.69) is 50.5 Å². The predicted octanol–water partition coefficient (Wildman–Crippen LogP) is 8.68. The molecular formula is C29H42N2. The molecule has 2 nitrogen and oxygen atoms in total. The Morgan fingerprint density at radius 2 is 1.26 bits per heavy atom. The van der Waals surface area contributed by atoms with E-state index in [4.69, 9.17) is 9.97 Å². The van der Waals surface area contributed by atoms with Crippen LogP contribution in [0.4, 0.5) is 0 Å². The fourth-order valence-electron chi connectivity index (χ4n) is 5.97. The van der Waals surface area contributed by atoms with E-state index < -0.39 is 0 Å². The average Bonchev–Trinajstić information content (AvgIpc) is 2.85. The van der Waals surface area contributed by atoms with Crippen molar-refractivity contribution in [3.05, 3.63) is 47.8 Å². The summed E-state index contributed by atoms with van der Waals surface area (Å²) in [5.74, 6) is 4.20. The fourth-order valence-corrected chi connectivity index (χ4v) is 5.97. The molecule has 2 aliphatic carbocycles. The lowest BCUT2D eigenvalue weighted by Crippen LogP contribution is -2.14. The summed E-state index contributed by atoms with van der Waals surface area (Å²) >= 11 is 0. The van der Waals surface area contributed by atoms with Gasteiger partial charge >= 0.3 is 0 Å². The van der Waals surface area contributed by atoms with E-state index in [1.54, 1.807) is 0 Å². The Bertz CT molecular complexity index is 763. The molecule has 0 unspecified atom stereocenters. The molecule has 31 heavy (non-hydrogen) atoms. The summed E-state index contributed by atoms with van der Waals surface area (Å²) in [6, 6.07) is 9.11. The predicted molar refractivity (Wildman–Crippen MR) is 131 cm³/mol. The smallest absolute Gasteiger partial charge is 0.159 e. The molecule has 1 heterocycles. The van der Waals surface area contributed by atoms with Gasteiger partial charge in [-0.25, -0.2) is 9.97 Å². The maximum Gasteiger partial charge on any atom is 0.159 e. The van der Waals surface area contributed by atoms with Gasteiger partial charge in [0.2, 0.25) is 0 Å². The largest absolute Gasteiger partial charge is 0.236 e. The van der Waals surface area contributed by atoms with Crippen LogP contribution in [0.5, 0.6) is 0 Å². The molecule has 0 bridgehead atoms. The second-order valence-corrected chi connectivity index (χ2v) is 10.3. The topological polar surface area (TPSA) is 25.8 Å². The maximum absolute atomic E-state index is 4.76. The third-order valence-corrected chi connectivity index (χ3v) is 8.27. The van der Waals surface area contributed by atoms with E-state index in [0.29, 0.717) is 5.92 Å². The van der Waals surface area contributed by atoms with Crippen LogP contribution in [0.3, 0.4) is 0 Å². The van der Waals surface area contributed by atoms with Gasteiger partial charge in [0.1, 0.15) is 0 Å². The summed E-state index contributed by atoms with van der Waals surface area (Å²) in [5, 5.41) is 0. The molecular weight excluding hydrogens is 376 g/mol. The summed E-state index contributed by atoms with van der Waals surface area (Å²) in [4.78, 5) is 9.51. The first kappa shape index (κ1) is 22.5. The number of benzene rings is 1. The quantitative estimate of drug-likeness (QED) is 0.401. The van der Waals surface area contributed by atoms with Gasteiger partial charge in [0.15, 0.2) is 5.82 Å². The minimum atomic E-state index is 0.664. The second kappa shape index (κ2) is 11.2. The zero-order chi connectivity index (χ0) is 21.5. The number of hydrogen-bond acceptors (Lipinski definition) is 2. The van der Waals surface area contributed by atoms with Crippen molar-refractivity contribution in [1.29, 1.82) is 0 Å². The molecule has 0 aliphatic heterocycles. The second-order valence-electron chi connectivity index (χ2n) is 10.3. The van der Waals surface area contributed by atoms with E-state index in [1.165, 1.54) is 94.6 Å². The average molecular weight is 419 g/mol. The van der Waals surface area contributed by atoms with Crippen molar-refractivity contribution in [2.75, 3.05) is 0 Å². The van der Waals surface area contributed by atoms with Crippen LogP contribution in [0.25, 0.3) is 11.4 Å². The third-order valence-electron chi connectivity index (χ3n) is 8.27. The minimum Gasteiger partial charge on any atom is -0.236 e. The molecule has 4 rings (SSSR count). The Morgan fingerprint density at radius 3 is 1.84 bits per heavy atom. The molecule has 0 spiro atoms. The van der Waals surface area contributed by atoms with Crippen molar-refractivity contribution >= 4 is 0 Å². The van der Waals surface area contributed by atoms with Crippen LogP contribution in [-0.4, -0.2) is 9.97 Å². The van der Waals surface area contributed by atoms with Crippen LogP contribution < -0.4 is 0 Å². The van der Waals surface area contributed by atoms with E-state index in [9.17, 15) is 0 Å². The summed E-state index contributed by atoms with van der Waals surface area (Å²) < 4.78 is 0. The zero-order valence-electron chi connectivity index (χ0n) is 19.9. The van der Waals surface area contributed by atoms with Crippen molar-refractivity contribution in [1.82, 2.24) is 9.97 Å². The Balaban J connectivity index is 1.30. The molecule has 2 fully saturated rings. The summed E-state index contributed by atoms with van der Waals surface area (Å²) in [6.07, 6.45) is 22.0. The van der Waals surface area contributed by atoms with Crippen LogP contribution in [0.2, 0.25) is 0 Å². The maximum atomic E-state index is 4.76. The molecule has 1 aromatic carbocycles. The number of aromatic nitrogens is 2. The van der Waals surface area contributed by atoms with Gasteiger partial charge in [-0.05, 0) is 86.2 Å². The molecule has 2 aromatic rings. The molecule has 0 amide bonds. The minimum absolute atomic E-state index is 0.664. The van der Waals surface area contributed by atoms with Crippen molar-refractivity contribution < 1.29 is 0 Å². The van der Waals surface area contributed by atoms with Crippen molar-refractivity contribution in [3.63, 3.8) is 0 Å². The summed E-state index contributed by atoms with van der Waals surface area (Å²) in [6.45, 7) is 4.64. The van der Waals surface area contributed by atoms with Crippen LogP contribution in [0, 0.1) is 11.8 Å². The Kier molecular flexibility index (Phi) is 8.16. The van der Waals surface area contributed by atoms with Gasteiger partial charge < -0.3 is 0 Å². The van der Waals surface area contributed by atoms with Gasteiger partial charge in [-0.1, -0.05) is 70.2 Å². The molecule has 0 atom stereocenters. The van der Waals surface area contributed by atoms with E-state index in [0.717, 1.165) is 29.1 Å². The van der Waals surface area contributed by atoms with Crippen molar-refractivity contribution in [2.45, 2.75) is 109 Å². The highest BCUT2D eigenvalue weighted by Crippen LogP contribution is 2.38. The lowest BCUT2D eigenvalue weighted by Gasteiger charge is -2.28. The molecule has 0 N–H and O–H groups in total. The van der Waals surface area contributed by atoms with Gasteiger partial charge in [0.25, 0.3) is 0 Å². The number of nitrogens with zero attached hydrogens (tertiary/aromatic N) is 2. The first-order chi connectivity index (χ1) is 15.3. The lowest BCUT2D eigenvalue weighted by atomic mass is 9.77. The van der Waals surface area contributed by atoms with Gasteiger partial charge in [0, 0.05) is 18.0 Å². The molecule has 0 saturated heterocycles. The van der Waals surface area contributed by atoms with Crippen LogP contribution >= 0.6 is 0 Å². The lowest BCUT2D eigenvalue weighted by molar-refractivity contribution is 0.302. The molecule has 2 saturated carbocycles. The van der Waals surface area contributed by atoms with Crippen molar-refractivity contribution in [2.24, 2.45) is 11.8 Å². The highest BCUT2D eigenvalue weighted by molar-refractivity contribution is 5.55. The van der Waals surface area contributed by atoms with Crippen molar-refractivity contribution in [3.8, 4) is 11.4 Å². The Hall–Kier alpha value is -1.70. The van der Waals surface area contributed by atoms with Gasteiger partial charge in [-0.3, -0.25) is 0 Å². The SMILES string of the molecule is CCCCCC1CCC(c2cnc(-c3ccc(C4CCC(CC)CC4)cc3)nc2)CC1. The fraction of sp³-hybridized carbons (Fsp3) is 0.655. The molecule has 0 radical (unpaired) electrons. The zero-order valence-corrected chi connectivity index (χ0v) is 19.9. The first-order valence-corrected chi connectivity index (χ1v) is 13.2. The molecule has 2 aliphatic rings. The Labute approximate surface area is 190 Å². The standard InChI is InChI=1S/C29H42N2/c1-3-5-6-7-23-10-14-26(15-11-23)28-20-30-29(31-21-28)27-18-16-25(17-19-27)24-12-8-22(4-2)9-13-24/h16-24,26H,3-15H2,1-2H3. The molecule has 1 aromatic heterocycles. The van der Waals surface area contributed by atoms with Crippen LogP contribution in [0.15, 0.2) is 36.7 Å². The van der Waals surface area contributed by atoms with Gasteiger partial charge in [0.05, 0.1) is 0 Å². The highest BCUT2D eigenvalue weighted by atomic mass is 14.9. The number of rotatable bonds is 8. The molecule has 2 heteroatoms. The summed E-state index contributed by atoms with van der Waals surface area (Å²) in [7, 11) is 0. The van der Waals surface area contributed by atoms with E-state index in [-0.39, 0.29) is 0 Å². The van der Waals surface area contributed by atoms with Crippen LogP contribution in [-0.2, 0) is 0 Å². The Morgan fingerprint density at radius 1 is 0.677 bits per heavy atom. The van der Waals surface area contributed by atoms with Gasteiger partial charge in [-0.2, -0.15) is 0 Å². The number of hydrogen-bond donors (Lipinski definition) is 0. The highest BCUT2D eigenvalue weighted by Gasteiger charge is 2.23. The third kappa shape index (κ3) is 5.96. The van der Waals surface area contributed by atoms with E-state index in [1.807, 2.05) is 0 Å². The monoisotopic (exact) mass is 418 g/mol. The molecule has 168 valence electrons. The number of unbranched alkanes of at least 4 members (excludes halogenated alkanes) is 2. The summed E-state index contributed by atoms with van der Waals surface area (Å²) in [5.41, 5.74) is 4.00. The van der Waals surface area contributed by atoms with Gasteiger partial charge in [-0.15, -0.1) is 0 Å².